The molecule has 0 radical (unpaired) electrons. The van der Waals surface area contributed by atoms with Crippen LogP contribution < -0.4 is 0 Å². The van der Waals surface area contributed by atoms with E-state index >= 15 is 0 Å². The molecule has 3 atom stereocenters. The van der Waals surface area contributed by atoms with Gasteiger partial charge in [-0.1, -0.05) is 13.8 Å². The van der Waals surface area contributed by atoms with Crippen LogP contribution in [0, 0.1) is 23.2 Å². The van der Waals surface area contributed by atoms with Crippen molar-refractivity contribution in [2.24, 2.45) is 23.2 Å². The van der Waals surface area contributed by atoms with Crippen LogP contribution in [0.4, 0.5) is 0 Å². The Morgan fingerprint density at radius 2 is 2.00 bits per heavy atom. The summed E-state index contributed by atoms with van der Waals surface area (Å²) in [6.45, 7) is 4.36. The molecule has 2 rings (SSSR count). The third-order valence-corrected chi connectivity index (χ3v) is 5.35. The first-order valence-electron chi connectivity index (χ1n) is 5.35. The molecule has 0 heterocycles. The maximum atomic E-state index is 11.0. The van der Waals surface area contributed by atoms with E-state index in [-0.39, 0.29) is 17.5 Å². The Bertz CT molecular complexity index is 281. The van der Waals surface area contributed by atoms with Gasteiger partial charge in [0.15, 0.2) is 0 Å². The Hall–Kier alpha value is 0.150. The van der Waals surface area contributed by atoms with Gasteiger partial charge in [0.05, 0.1) is 6.16 Å². The van der Waals surface area contributed by atoms with E-state index in [4.69, 9.17) is 9.79 Å². The van der Waals surface area contributed by atoms with Crippen LogP contribution in [-0.2, 0) is 4.57 Å². The third kappa shape index (κ3) is 1.66. The van der Waals surface area contributed by atoms with Crippen molar-refractivity contribution in [3.8, 4) is 0 Å². The standard InChI is InChI=1S/C10H19O3P/c1-10(2)8-4-3-7(5-8)9(10)6-14(11,12)13/h7-9H,3-6H2,1-2H3,(H2,11,12,13). The van der Waals surface area contributed by atoms with Gasteiger partial charge in [-0.25, -0.2) is 0 Å². The molecule has 0 amide bonds. The van der Waals surface area contributed by atoms with Gasteiger partial charge in [-0.3, -0.25) is 4.57 Å². The number of hydrogen-bond acceptors (Lipinski definition) is 1. The normalized spacial score (nSPS) is 40.4. The second-order valence-electron chi connectivity index (χ2n) is 5.55. The molecule has 0 aromatic heterocycles. The molecule has 0 aliphatic heterocycles. The van der Waals surface area contributed by atoms with Gasteiger partial charge in [0.25, 0.3) is 0 Å². The maximum absolute atomic E-state index is 11.0. The lowest BCUT2D eigenvalue weighted by Gasteiger charge is -2.38. The van der Waals surface area contributed by atoms with E-state index in [1.807, 2.05) is 0 Å². The molecule has 0 saturated heterocycles. The van der Waals surface area contributed by atoms with Crippen LogP contribution in [0.5, 0.6) is 0 Å². The summed E-state index contributed by atoms with van der Waals surface area (Å²) < 4.78 is 11.0. The predicted octanol–water partition coefficient (Wildman–Crippen LogP) is 2.24. The van der Waals surface area contributed by atoms with Crippen molar-refractivity contribution in [3.05, 3.63) is 0 Å². The molecule has 2 fully saturated rings. The van der Waals surface area contributed by atoms with Gasteiger partial charge in [0.1, 0.15) is 0 Å². The molecule has 4 heteroatoms. The molecule has 3 nitrogen and oxygen atoms in total. The van der Waals surface area contributed by atoms with Crippen molar-refractivity contribution in [2.75, 3.05) is 6.16 Å². The fourth-order valence-corrected chi connectivity index (χ4v) is 4.89. The summed E-state index contributed by atoms with van der Waals surface area (Å²) in [5.74, 6) is 1.51. The molecule has 82 valence electrons. The lowest BCUT2D eigenvalue weighted by Crippen LogP contribution is -2.33. The van der Waals surface area contributed by atoms with E-state index in [1.54, 1.807) is 0 Å². The molecule has 0 aromatic rings. The zero-order chi connectivity index (χ0) is 10.6. The minimum atomic E-state index is -3.82. The Morgan fingerprint density at radius 1 is 1.36 bits per heavy atom. The number of rotatable bonds is 2. The number of hydrogen-bond donors (Lipinski definition) is 2. The predicted molar refractivity (Wildman–Crippen MR) is 55.0 cm³/mol. The average molecular weight is 218 g/mol. The minimum absolute atomic E-state index is 0.0984. The molecule has 2 saturated carbocycles. The first-order chi connectivity index (χ1) is 6.31. The first-order valence-corrected chi connectivity index (χ1v) is 7.15. The zero-order valence-electron chi connectivity index (χ0n) is 8.81. The van der Waals surface area contributed by atoms with Crippen LogP contribution in [-0.4, -0.2) is 15.9 Å². The smallest absolute Gasteiger partial charge is 0.324 e. The second-order valence-corrected chi connectivity index (χ2v) is 7.24. The lowest BCUT2D eigenvalue weighted by molar-refractivity contribution is 0.134. The summed E-state index contributed by atoms with van der Waals surface area (Å²) >= 11 is 0. The van der Waals surface area contributed by atoms with Gasteiger partial charge in [-0.15, -0.1) is 0 Å². The molecule has 2 bridgehead atoms. The third-order valence-electron chi connectivity index (χ3n) is 4.48. The van der Waals surface area contributed by atoms with Crippen molar-refractivity contribution in [3.63, 3.8) is 0 Å². The molecule has 2 aliphatic carbocycles. The van der Waals surface area contributed by atoms with Crippen molar-refractivity contribution in [1.29, 1.82) is 0 Å². The quantitative estimate of drug-likeness (QED) is 0.699. The van der Waals surface area contributed by atoms with Crippen molar-refractivity contribution in [1.82, 2.24) is 0 Å². The molecule has 14 heavy (non-hydrogen) atoms. The van der Waals surface area contributed by atoms with E-state index in [0.717, 1.165) is 0 Å². The molecule has 2 aliphatic rings. The fraction of sp³-hybridized carbons (Fsp3) is 1.00. The molecule has 0 aromatic carbocycles. The van der Waals surface area contributed by atoms with Crippen molar-refractivity contribution >= 4 is 7.60 Å². The Kier molecular flexibility index (Phi) is 2.34. The van der Waals surface area contributed by atoms with E-state index in [9.17, 15) is 4.57 Å². The summed E-state index contributed by atoms with van der Waals surface area (Å²) in [5, 5.41) is 0. The summed E-state index contributed by atoms with van der Waals surface area (Å²) in [6.07, 6.45) is 3.73. The maximum Gasteiger partial charge on any atom is 0.325 e. The Labute approximate surface area is 85.1 Å². The molecule has 2 N–H and O–H groups in total. The summed E-state index contributed by atoms with van der Waals surface area (Å²) in [7, 11) is -3.82. The van der Waals surface area contributed by atoms with Crippen LogP contribution in [0.2, 0.25) is 0 Å². The van der Waals surface area contributed by atoms with Crippen LogP contribution in [0.1, 0.15) is 33.1 Å². The number of fused-ring (bicyclic) bond motifs is 2. The second kappa shape index (κ2) is 3.07. The van der Waals surface area contributed by atoms with Crippen LogP contribution in [0.15, 0.2) is 0 Å². The van der Waals surface area contributed by atoms with Gasteiger partial charge in [0.2, 0.25) is 0 Å². The molecule has 0 spiro atoms. The van der Waals surface area contributed by atoms with Gasteiger partial charge in [-0.2, -0.15) is 0 Å². The highest BCUT2D eigenvalue weighted by Crippen LogP contribution is 2.62. The Balaban J connectivity index is 2.16. The minimum Gasteiger partial charge on any atom is -0.324 e. The van der Waals surface area contributed by atoms with E-state index < -0.39 is 7.60 Å². The van der Waals surface area contributed by atoms with Gasteiger partial charge >= 0.3 is 7.60 Å². The van der Waals surface area contributed by atoms with E-state index in [2.05, 4.69) is 13.8 Å². The summed E-state index contributed by atoms with van der Waals surface area (Å²) in [6, 6.07) is 0. The average Bonchev–Trinajstić information content (AvgIpc) is 2.51. The molecule has 3 unspecified atom stereocenters. The SMILES string of the molecule is CC1(C)C2CCC(C2)C1CP(=O)(O)O. The topological polar surface area (TPSA) is 57.5 Å². The van der Waals surface area contributed by atoms with Crippen LogP contribution >= 0.6 is 7.60 Å². The van der Waals surface area contributed by atoms with Gasteiger partial charge < -0.3 is 9.79 Å². The van der Waals surface area contributed by atoms with Crippen LogP contribution in [0.25, 0.3) is 0 Å². The zero-order valence-corrected chi connectivity index (χ0v) is 9.70. The lowest BCUT2D eigenvalue weighted by atomic mass is 9.69. The van der Waals surface area contributed by atoms with Crippen molar-refractivity contribution in [2.45, 2.75) is 33.1 Å². The van der Waals surface area contributed by atoms with Gasteiger partial charge in [0, 0.05) is 0 Å². The van der Waals surface area contributed by atoms with E-state index in [0.29, 0.717) is 11.8 Å². The molecular weight excluding hydrogens is 199 g/mol. The monoisotopic (exact) mass is 218 g/mol. The van der Waals surface area contributed by atoms with E-state index in [1.165, 1.54) is 19.3 Å². The summed E-state index contributed by atoms with van der Waals surface area (Å²) in [5.41, 5.74) is 0.143. The largest absolute Gasteiger partial charge is 0.325 e. The highest BCUT2D eigenvalue weighted by molar-refractivity contribution is 7.51. The fourth-order valence-electron chi connectivity index (χ4n) is 3.61. The summed E-state index contributed by atoms with van der Waals surface area (Å²) in [4.78, 5) is 18.1. The highest BCUT2D eigenvalue weighted by atomic mass is 31.2. The molecular formula is C10H19O3P. The first kappa shape index (κ1) is 10.7. The van der Waals surface area contributed by atoms with Crippen molar-refractivity contribution < 1.29 is 14.4 Å². The highest BCUT2D eigenvalue weighted by Gasteiger charge is 2.53. The van der Waals surface area contributed by atoms with Gasteiger partial charge in [-0.05, 0) is 42.4 Å². The Morgan fingerprint density at radius 3 is 2.43 bits per heavy atom. The van der Waals surface area contributed by atoms with Crippen LogP contribution in [0.3, 0.4) is 0 Å².